The zero-order chi connectivity index (χ0) is 22.1. The molecule has 0 bridgehead atoms. The Bertz CT molecular complexity index is 1290. The van der Waals surface area contributed by atoms with E-state index >= 15 is 0 Å². The van der Waals surface area contributed by atoms with Crippen LogP contribution in [0.5, 0.6) is 0 Å². The summed E-state index contributed by atoms with van der Waals surface area (Å²) >= 11 is 4.98. The van der Waals surface area contributed by atoms with Crippen LogP contribution in [0, 0.1) is 0 Å². The second kappa shape index (κ2) is 8.96. The van der Waals surface area contributed by atoms with Gasteiger partial charge in [0, 0.05) is 20.3 Å². The second-order valence-corrected chi connectivity index (χ2v) is 9.82. The third kappa shape index (κ3) is 4.25. The Morgan fingerprint density at radius 3 is 2.84 bits per heavy atom. The summed E-state index contributed by atoms with van der Waals surface area (Å²) < 4.78 is 11.8. The van der Waals surface area contributed by atoms with Gasteiger partial charge in [-0.05, 0) is 61.6 Å². The fraction of sp³-hybridized carbons (Fsp3) is 0.250. The number of carbonyl (C=O) groups is 2. The minimum absolute atomic E-state index is 0.166. The molecule has 1 aliphatic carbocycles. The molecule has 0 aliphatic heterocycles. The highest BCUT2D eigenvalue weighted by molar-refractivity contribution is 9.10. The van der Waals surface area contributed by atoms with Crippen molar-refractivity contribution in [1.29, 1.82) is 0 Å². The first-order valence-electron chi connectivity index (χ1n) is 10.5. The number of fused-ring (bicyclic) bond motifs is 2. The van der Waals surface area contributed by atoms with Crippen molar-refractivity contribution in [3.63, 3.8) is 0 Å². The first-order valence-corrected chi connectivity index (χ1v) is 12.1. The van der Waals surface area contributed by atoms with E-state index in [2.05, 4.69) is 26.6 Å². The number of rotatable bonds is 6. The monoisotopic (exact) mass is 512 g/mol. The van der Waals surface area contributed by atoms with E-state index in [1.165, 1.54) is 16.2 Å². The predicted octanol–water partition coefficient (Wildman–Crippen LogP) is 5.84. The standard InChI is InChI=1S/C24H21BrN2O4S/c25-15-7-8-19-18(11-15)14(13-31-19)10-21(28)27-24-22(17-5-1-2-6-20(17)32-24)23(29)26-12-16-4-3-9-30-16/h3-4,7-9,11,13H,1-2,5-6,10,12H2,(H,26,29)(H,27,28). The summed E-state index contributed by atoms with van der Waals surface area (Å²) in [4.78, 5) is 27.2. The molecule has 0 fully saturated rings. The molecule has 1 aliphatic rings. The average Bonchev–Trinajstić information content (AvgIpc) is 3.51. The number of nitrogens with one attached hydrogen (secondary N) is 2. The summed E-state index contributed by atoms with van der Waals surface area (Å²) in [6.45, 7) is 0.305. The van der Waals surface area contributed by atoms with Crippen molar-refractivity contribution >= 4 is 55.1 Å². The number of amides is 2. The van der Waals surface area contributed by atoms with Crippen molar-refractivity contribution in [2.45, 2.75) is 38.6 Å². The zero-order valence-electron chi connectivity index (χ0n) is 17.2. The molecule has 0 spiro atoms. The topological polar surface area (TPSA) is 84.5 Å². The maximum absolute atomic E-state index is 13.1. The van der Waals surface area contributed by atoms with Gasteiger partial charge in [0.25, 0.3) is 5.91 Å². The number of hydrogen-bond donors (Lipinski definition) is 2. The van der Waals surface area contributed by atoms with E-state index in [4.69, 9.17) is 8.83 Å². The SMILES string of the molecule is O=C(Cc1coc2ccc(Br)cc12)Nc1sc2c(c1C(=O)NCc1ccco1)CCCC2. The summed E-state index contributed by atoms with van der Waals surface area (Å²) in [6.07, 6.45) is 7.31. The summed E-state index contributed by atoms with van der Waals surface area (Å²) in [5.41, 5.74) is 3.19. The normalized spacial score (nSPS) is 13.2. The summed E-state index contributed by atoms with van der Waals surface area (Å²) in [6, 6.07) is 9.32. The van der Waals surface area contributed by atoms with E-state index in [0.29, 0.717) is 22.9 Å². The highest BCUT2D eigenvalue weighted by atomic mass is 79.9. The lowest BCUT2D eigenvalue weighted by atomic mass is 9.95. The molecule has 3 heterocycles. The van der Waals surface area contributed by atoms with Gasteiger partial charge in [0.2, 0.25) is 5.91 Å². The van der Waals surface area contributed by atoms with Gasteiger partial charge >= 0.3 is 0 Å². The van der Waals surface area contributed by atoms with Crippen LogP contribution in [0.25, 0.3) is 11.0 Å². The molecule has 0 atom stereocenters. The van der Waals surface area contributed by atoms with Crippen molar-refractivity contribution in [3.8, 4) is 0 Å². The Kier molecular flexibility index (Phi) is 5.89. The van der Waals surface area contributed by atoms with Crippen LogP contribution in [0.3, 0.4) is 0 Å². The number of benzene rings is 1. The molecular weight excluding hydrogens is 492 g/mol. The average molecular weight is 513 g/mol. The fourth-order valence-corrected chi connectivity index (χ4v) is 5.76. The van der Waals surface area contributed by atoms with E-state index in [0.717, 1.165) is 52.3 Å². The maximum Gasteiger partial charge on any atom is 0.254 e. The predicted molar refractivity (Wildman–Crippen MR) is 127 cm³/mol. The van der Waals surface area contributed by atoms with Crippen LogP contribution < -0.4 is 10.6 Å². The van der Waals surface area contributed by atoms with E-state index in [1.54, 1.807) is 18.6 Å². The summed E-state index contributed by atoms with van der Waals surface area (Å²) in [7, 11) is 0. The van der Waals surface area contributed by atoms with Crippen LogP contribution >= 0.6 is 27.3 Å². The van der Waals surface area contributed by atoms with E-state index in [9.17, 15) is 9.59 Å². The number of furan rings is 2. The van der Waals surface area contributed by atoms with Gasteiger partial charge in [-0.1, -0.05) is 15.9 Å². The molecule has 6 nitrogen and oxygen atoms in total. The van der Waals surface area contributed by atoms with Crippen LogP contribution in [0.15, 0.2) is 56.2 Å². The van der Waals surface area contributed by atoms with Crippen LogP contribution in [0.2, 0.25) is 0 Å². The minimum Gasteiger partial charge on any atom is -0.467 e. The van der Waals surface area contributed by atoms with Crippen LogP contribution in [-0.4, -0.2) is 11.8 Å². The molecular formula is C24H21BrN2O4S. The largest absolute Gasteiger partial charge is 0.467 e. The second-order valence-electron chi connectivity index (χ2n) is 7.80. The molecule has 2 N–H and O–H groups in total. The van der Waals surface area contributed by atoms with Crippen LogP contribution in [-0.2, 0) is 30.6 Å². The Morgan fingerprint density at radius 2 is 2.00 bits per heavy atom. The van der Waals surface area contributed by atoms with Gasteiger partial charge in [-0.15, -0.1) is 11.3 Å². The maximum atomic E-state index is 13.1. The minimum atomic E-state index is -0.186. The summed E-state index contributed by atoms with van der Waals surface area (Å²) in [5, 5.41) is 7.45. The number of anilines is 1. The van der Waals surface area contributed by atoms with Gasteiger partial charge in [-0.3, -0.25) is 9.59 Å². The molecule has 0 unspecified atom stereocenters. The third-order valence-electron chi connectivity index (χ3n) is 5.62. The molecule has 0 saturated carbocycles. The summed E-state index contributed by atoms with van der Waals surface area (Å²) in [5.74, 6) is 0.325. The molecule has 5 rings (SSSR count). The van der Waals surface area contributed by atoms with Gasteiger partial charge in [-0.25, -0.2) is 0 Å². The highest BCUT2D eigenvalue weighted by Gasteiger charge is 2.26. The number of thiophene rings is 1. The first-order chi connectivity index (χ1) is 15.6. The van der Waals surface area contributed by atoms with E-state index < -0.39 is 0 Å². The quantitative estimate of drug-likeness (QED) is 0.339. The van der Waals surface area contributed by atoms with Crippen molar-refractivity contribution in [2.75, 3.05) is 5.32 Å². The van der Waals surface area contributed by atoms with E-state index in [-0.39, 0.29) is 18.2 Å². The van der Waals surface area contributed by atoms with Crippen molar-refractivity contribution < 1.29 is 18.4 Å². The van der Waals surface area contributed by atoms with Gasteiger partial charge in [0.15, 0.2) is 0 Å². The van der Waals surface area contributed by atoms with Crippen molar-refractivity contribution in [1.82, 2.24) is 5.32 Å². The highest BCUT2D eigenvalue weighted by Crippen LogP contribution is 2.38. The zero-order valence-corrected chi connectivity index (χ0v) is 19.6. The van der Waals surface area contributed by atoms with Crippen LogP contribution in [0.1, 0.15) is 45.0 Å². The van der Waals surface area contributed by atoms with Crippen LogP contribution in [0.4, 0.5) is 5.00 Å². The first kappa shape index (κ1) is 21.0. The lowest BCUT2D eigenvalue weighted by Crippen LogP contribution is -2.25. The molecule has 164 valence electrons. The van der Waals surface area contributed by atoms with Gasteiger partial charge in [0.05, 0.1) is 31.1 Å². The van der Waals surface area contributed by atoms with Gasteiger partial charge in [0.1, 0.15) is 16.3 Å². The Hall–Kier alpha value is -2.84. The molecule has 1 aromatic carbocycles. The van der Waals surface area contributed by atoms with Gasteiger partial charge < -0.3 is 19.5 Å². The van der Waals surface area contributed by atoms with Crippen molar-refractivity contribution in [3.05, 3.63) is 74.7 Å². The number of aryl methyl sites for hydroxylation is 1. The Morgan fingerprint density at radius 1 is 1.12 bits per heavy atom. The molecule has 0 radical (unpaired) electrons. The Labute approximate surface area is 197 Å². The number of carbonyl (C=O) groups excluding carboxylic acids is 2. The lowest BCUT2D eigenvalue weighted by Gasteiger charge is -2.13. The fourth-order valence-electron chi connectivity index (χ4n) is 4.10. The number of hydrogen-bond acceptors (Lipinski definition) is 5. The molecule has 32 heavy (non-hydrogen) atoms. The van der Waals surface area contributed by atoms with E-state index in [1.807, 2.05) is 24.3 Å². The Balaban J connectivity index is 1.37. The smallest absolute Gasteiger partial charge is 0.254 e. The molecule has 3 aromatic heterocycles. The third-order valence-corrected chi connectivity index (χ3v) is 7.32. The molecule has 4 aromatic rings. The molecule has 2 amide bonds. The van der Waals surface area contributed by atoms with Gasteiger partial charge in [-0.2, -0.15) is 0 Å². The lowest BCUT2D eigenvalue weighted by molar-refractivity contribution is -0.115. The van der Waals surface area contributed by atoms with Crippen molar-refractivity contribution in [2.24, 2.45) is 0 Å². The number of halogens is 1. The molecule has 8 heteroatoms. The molecule has 0 saturated heterocycles.